The van der Waals surface area contributed by atoms with Gasteiger partial charge in [-0.15, -0.1) is 11.6 Å². The molecule has 10 heteroatoms. The number of carbonyl (C=O) groups excluding carboxylic acids is 1. The number of hydrogen-bond acceptors (Lipinski definition) is 8. The van der Waals surface area contributed by atoms with Gasteiger partial charge in [-0.1, -0.05) is 94.3 Å². The largest absolute Gasteiger partial charge is 0.508 e. The Labute approximate surface area is 297 Å². The van der Waals surface area contributed by atoms with Gasteiger partial charge >= 0.3 is 11.9 Å². The predicted octanol–water partition coefficient (Wildman–Crippen LogP) is 7.30. The summed E-state index contributed by atoms with van der Waals surface area (Å²) < 4.78 is 9.16. The van der Waals surface area contributed by atoms with Crippen LogP contribution in [-0.4, -0.2) is 89.7 Å². The number of benzene rings is 3. The Morgan fingerprint density at radius 2 is 1.39 bits per heavy atom. The van der Waals surface area contributed by atoms with Crippen LogP contribution in [0.3, 0.4) is 0 Å². The fourth-order valence-corrected chi connectivity index (χ4v) is 3.25. The Bertz CT molecular complexity index is 1280. The van der Waals surface area contributed by atoms with Crippen molar-refractivity contribution in [2.45, 2.75) is 39.2 Å². The number of ether oxygens (including phenoxy) is 2. The molecule has 270 valence electrons. The SMILES string of the molecule is C=C(C)C(=O)O.C=CC(=O)OCC.C=Cc1ccccc1.CC(C)(c1ccc(O)cc1)c1ccc(O)cc1.CN(C)CCO.ClCC1CO1. The number of hydrogen-bond donors (Lipinski definition) is 4. The highest BCUT2D eigenvalue weighted by atomic mass is 35.5. The van der Waals surface area contributed by atoms with Gasteiger partial charge in [0, 0.05) is 23.6 Å². The number of aliphatic hydroxyl groups is 1. The van der Waals surface area contributed by atoms with Crippen LogP contribution in [0, 0.1) is 0 Å². The lowest BCUT2D eigenvalue weighted by atomic mass is 9.78. The highest BCUT2D eigenvalue weighted by Crippen LogP contribution is 2.32. The first-order valence-corrected chi connectivity index (χ1v) is 16.0. The first-order valence-electron chi connectivity index (χ1n) is 15.5. The zero-order chi connectivity index (χ0) is 37.8. The van der Waals surface area contributed by atoms with Gasteiger partial charge in [-0.2, -0.15) is 0 Å². The number of phenols is 2. The molecule has 1 saturated heterocycles. The van der Waals surface area contributed by atoms with E-state index in [-0.39, 0.29) is 35.1 Å². The first-order chi connectivity index (χ1) is 23.1. The van der Waals surface area contributed by atoms with Crippen molar-refractivity contribution < 1.29 is 39.5 Å². The van der Waals surface area contributed by atoms with Crippen molar-refractivity contribution in [3.63, 3.8) is 0 Å². The lowest BCUT2D eigenvalue weighted by molar-refractivity contribution is -0.137. The third-order valence-corrected chi connectivity index (χ3v) is 6.50. The fraction of sp³-hybridized carbons (Fsp3) is 0.333. The highest BCUT2D eigenvalue weighted by molar-refractivity contribution is 6.18. The normalized spacial score (nSPS) is 12.1. The molecule has 4 N–H and O–H groups in total. The van der Waals surface area contributed by atoms with Gasteiger partial charge in [0.1, 0.15) is 11.5 Å². The zero-order valence-electron chi connectivity index (χ0n) is 29.6. The second-order valence-corrected chi connectivity index (χ2v) is 11.3. The van der Waals surface area contributed by atoms with Gasteiger partial charge < -0.3 is 34.8 Å². The van der Waals surface area contributed by atoms with Gasteiger partial charge in [-0.3, -0.25) is 0 Å². The van der Waals surface area contributed by atoms with E-state index in [4.69, 9.17) is 26.6 Å². The summed E-state index contributed by atoms with van der Waals surface area (Å²) in [7, 11) is 3.85. The topological polar surface area (TPSA) is 140 Å². The van der Waals surface area contributed by atoms with Crippen molar-refractivity contribution in [2.24, 2.45) is 0 Å². The van der Waals surface area contributed by atoms with E-state index < -0.39 is 5.97 Å². The lowest BCUT2D eigenvalue weighted by Crippen LogP contribution is -2.18. The summed E-state index contributed by atoms with van der Waals surface area (Å²) in [5, 5.41) is 34.7. The Morgan fingerprint density at radius 1 is 0.959 bits per heavy atom. The third-order valence-electron chi connectivity index (χ3n) is 6.15. The molecule has 0 saturated carbocycles. The number of carbonyl (C=O) groups is 2. The van der Waals surface area contributed by atoms with Crippen molar-refractivity contribution in [3.05, 3.63) is 127 Å². The van der Waals surface area contributed by atoms with E-state index in [0.717, 1.165) is 30.4 Å². The molecule has 1 aliphatic rings. The molecule has 0 aromatic heterocycles. The summed E-state index contributed by atoms with van der Waals surface area (Å²) in [5.74, 6) is -0.0805. The summed E-state index contributed by atoms with van der Waals surface area (Å²) in [4.78, 5) is 21.6. The number of carboxylic acids is 1. The summed E-state index contributed by atoms with van der Waals surface area (Å²) in [6, 6.07) is 24.5. The molecule has 1 heterocycles. The molecule has 1 aliphatic heterocycles. The van der Waals surface area contributed by atoms with E-state index in [0.29, 0.717) is 18.6 Å². The zero-order valence-corrected chi connectivity index (χ0v) is 30.4. The molecule has 1 unspecified atom stereocenters. The quantitative estimate of drug-likeness (QED) is 0.0784. The molecular weight excluding hydrogens is 646 g/mol. The first kappa shape index (κ1) is 46.7. The number of aliphatic hydroxyl groups excluding tert-OH is 1. The minimum Gasteiger partial charge on any atom is -0.508 e. The van der Waals surface area contributed by atoms with Gasteiger partial charge in [0.15, 0.2) is 0 Å². The molecular formula is C39H54ClNO8. The van der Waals surface area contributed by atoms with Crippen LogP contribution in [0.5, 0.6) is 11.5 Å². The number of aliphatic carboxylic acids is 1. The monoisotopic (exact) mass is 699 g/mol. The number of alkyl halides is 1. The predicted molar refractivity (Wildman–Crippen MR) is 200 cm³/mol. The van der Waals surface area contributed by atoms with E-state index in [2.05, 4.69) is 38.3 Å². The standard InChI is InChI=1S/C15H16O2.C8H8.C5H8O2.C4H11NO.C4H6O2.C3H5ClO/c1-15(2,11-3-7-13(16)8-4-11)12-5-9-14(17)10-6-12;1-2-8-6-4-3-5-7-8;1-3-5(6)7-4-2;1-5(2)3-4-6;1-3(2)4(5)6;4-1-3-2-5-3/h3-10,16-17H,1-2H3;2-7H,1H2;3H,1,4H2,2H3;6H,3-4H2,1-2H3;1H2,2H3,(H,5,6);3H,1-2H2. The number of esters is 1. The third kappa shape index (κ3) is 25.3. The maximum Gasteiger partial charge on any atom is 0.330 e. The molecule has 0 amide bonds. The molecule has 0 bridgehead atoms. The van der Waals surface area contributed by atoms with E-state index in [9.17, 15) is 19.8 Å². The second kappa shape index (κ2) is 27.5. The minimum atomic E-state index is -0.935. The molecule has 0 radical (unpaired) electrons. The van der Waals surface area contributed by atoms with Gasteiger partial charge in [0.2, 0.25) is 0 Å². The second-order valence-electron chi connectivity index (χ2n) is 11.0. The summed E-state index contributed by atoms with van der Waals surface area (Å²) in [6.07, 6.45) is 3.38. The number of carboxylic acid groups (broad SMARTS) is 1. The number of aromatic hydroxyl groups is 2. The minimum absolute atomic E-state index is 0.151. The van der Waals surface area contributed by atoms with Gasteiger partial charge in [0.05, 0.1) is 31.8 Å². The summed E-state index contributed by atoms with van der Waals surface area (Å²) >= 11 is 5.27. The van der Waals surface area contributed by atoms with Crippen molar-refractivity contribution >= 4 is 29.6 Å². The number of likely N-dealkylation sites (N-methyl/N-ethyl adjacent to an activating group) is 1. The average molecular weight is 700 g/mol. The van der Waals surface area contributed by atoms with E-state index in [1.807, 2.05) is 79.7 Å². The molecule has 3 aromatic rings. The van der Waals surface area contributed by atoms with Crippen LogP contribution >= 0.6 is 11.6 Å². The van der Waals surface area contributed by atoms with Gasteiger partial charge in [-0.05, 0) is 68.9 Å². The molecule has 0 spiro atoms. The number of nitrogens with zero attached hydrogens (tertiary/aromatic N) is 1. The molecule has 1 atom stereocenters. The van der Waals surface area contributed by atoms with Crippen LogP contribution in [-0.2, 0) is 24.5 Å². The van der Waals surface area contributed by atoms with E-state index >= 15 is 0 Å². The average Bonchev–Trinajstić information content (AvgIpc) is 3.92. The summed E-state index contributed by atoms with van der Waals surface area (Å²) in [6.45, 7) is 19.7. The van der Waals surface area contributed by atoms with Crippen LogP contribution < -0.4 is 0 Å². The maximum absolute atomic E-state index is 10.1. The maximum atomic E-state index is 10.1. The molecule has 3 aromatic carbocycles. The van der Waals surface area contributed by atoms with Gasteiger partial charge in [0.25, 0.3) is 0 Å². The smallest absolute Gasteiger partial charge is 0.330 e. The van der Waals surface area contributed by atoms with E-state index in [1.165, 1.54) is 12.5 Å². The Balaban J connectivity index is 0. The molecule has 9 nitrogen and oxygen atoms in total. The van der Waals surface area contributed by atoms with Crippen molar-refractivity contribution in [1.82, 2.24) is 4.90 Å². The lowest BCUT2D eigenvalue weighted by Gasteiger charge is -2.26. The van der Waals surface area contributed by atoms with Gasteiger partial charge in [-0.25, -0.2) is 9.59 Å². The number of rotatable bonds is 9. The highest BCUT2D eigenvalue weighted by Gasteiger charge is 2.22. The molecule has 1 fully saturated rings. The van der Waals surface area contributed by atoms with Crippen molar-refractivity contribution in [3.8, 4) is 11.5 Å². The number of phenolic OH excluding ortho intramolecular Hbond substituents is 2. The van der Waals surface area contributed by atoms with Crippen molar-refractivity contribution in [2.75, 3.05) is 46.3 Å². The van der Waals surface area contributed by atoms with Crippen LogP contribution in [0.4, 0.5) is 0 Å². The Morgan fingerprint density at radius 3 is 1.57 bits per heavy atom. The summed E-state index contributed by atoms with van der Waals surface area (Å²) in [5.41, 5.74) is 3.45. The molecule has 0 aliphatic carbocycles. The van der Waals surface area contributed by atoms with Crippen LogP contribution in [0.1, 0.15) is 44.4 Å². The molecule has 49 heavy (non-hydrogen) atoms. The Kier molecular flexibility index (Phi) is 26.2. The number of epoxide rings is 1. The Hall–Kier alpha value is -4.41. The van der Waals surface area contributed by atoms with E-state index in [1.54, 1.807) is 31.2 Å². The number of halogens is 1. The van der Waals surface area contributed by atoms with Crippen LogP contribution in [0.25, 0.3) is 6.08 Å². The molecule has 4 rings (SSSR count). The van der Waals surface area contributed by atoms with Crippen molar-refractivity contribution in [1.29, 1.82) is 0 Å². The fourth-order valence-electron chi connectivity index (χ4n) is 3.07. The van der Waals surface area contributed by atoms with Crippen LogP contribution in [0.15, 0.2) is 110 Å². The van der Waals surface area contributed by atoms with Crippen LogP contribution in [0.2, 0.25) is 0 Å².